The zero-order chi connectivity index (χ0) is 18.9. The van der Waals surface area contributed by atoms with Gasteiger partial charge >= 0.3 is 0 Å². The predicted molar refractivity (Wildman–Crippen MR) is 102 cm³/mol. The fraction of sp³-hybridized carbons (Fsp3) is 0.706. The Balaban J connectivity index is 6.45. The van der Waals surface area contributed by atoms with Crippen LogP contribution in [0.25, 0.3) is 0 Å². The Hall–Kier alpha value is -1.63. The molecule has 0 saturated carbocycles. The van der Waals surface area contributed by atoms with Crippen LogP contribution in [-0.2, 0) is 0 Å². The van der Waals surface area contributed by atoms with Crippen molar-refractivity contribution in [3.05, 3.63) is 12.3 Å². The van der Waals surface area contributed by atoms with Crippen LogP contribution in [0, 0.1) is 17.8 Å². The van der Waals surface area contributed by atoms with E-state index in [0.717, 1.165) is 0 Å². The van der Waals surface area contributed by atoms with Gasteiger partial charge in [-0.25, -0.2) is 0 Å². The molecule has 24 heavy (non-hydrogen) atoms. The van der Waals surface area contributed by atoms with E-state index in [1.165, 1.54) is 0 Å². The van der Waals surface area contributed by atoms with Crippen molar-refractivity contribution in [3.63, 3.8) is 0 Å². The highest BCUT2D eigenvalue weighted by Gasteiger charge is 2.48. The topological polar surface area (TPSA) is 97.8 Å². The number of nitrogens with zero attached hydrogens (tertiary/aromatic N) is 3. The van der Waals surface area contributed by atoms with Crippen molar-refractivity contribution in [2.75, 3.05) is 0 Å². The fourth-order valence-electron chi connectivity index (χ4n) is 2.86. The smallest absolute Gasteiger partial charge is 0.233 e. The lowest BCUT2D eigenvalue weighted by Crippen LogP contribution is -2.59. The van der Waals surface area contributed by atoms with Crippen molar-refractivity contribution in [1.29, 1.82) is 0 Å². The van der Waals surface area contributed by atoms with Gasteiger partial charge in [-0.1, -0.05) is 47.2 Å². The lowest BCUT2D eigenvalue weighted by molar-refractivity contribution is 0.315. The highest BCUT2D eigenvalue weighted by atomic mass is 28.3. The maximum atomic E-state index is 9.70. The summed E-state index contributed by atoms with van der Waals surface area (Å²) in [5.74, 6) is 0.710. The molecule has 0 fully saturated rings. The summed E-state index contributed by atoms with van der Waals surface area (Å²) in [5, 5.41) is 41.3. The molecule has 0 saturated heterocycles. The van der Waals surface area contributed by atoms with E-state index < -0.39 is 8.07 Å². The zero-order valence-corrected chi connectivity index (χ0v) is 16.8. The van der Waals surface area contributed by atoms with Crippen LogP contribution in [0.4, 0.5) is 0 Å². The van der Waals surface area contributed by atoms with Gasteiger partial charge in [0.05, 0.1) is 16.0 Å². The maximum absolute atomic E-state index is 9.70. The molecule has 0 rings (SSSR count). The summed E-state index contributed by atoms with van der Waals surface area (Å²) in [6.45, 7) is 16.1. The van der Waals surface area contributed by atoms with Crippen LogP contribution in [0.15, 0.2) is 27.7 Å². The van der Waals surface area contributed by atoms with Crippen LogP contribution < -0.4 is 0 Å². The van der Waals surface area contributed by atoms with Crippen LogP contribution >= 0.6 is 0 Å². The number of rotatable bonds is 10. The van der Waals surface area contributed by atoms with Gasteiger partial charge in [-0.15, -0.1) is 22.0 Å². The molecule has 0 aliphatic rings. The first-order chi connectivity index (χ1) is 11.2. The number of oxime groups is 3. The molecule has 0 radical (unpaired) electrons. The summed E-state index contributed by atoms with van der Waals surface area (Å²) in [5.41, 5.74) is 1.69. The van der Waals surface area contributed by atoms with E-state index in [9.17, 15) is 15.6 Å². The van der Waals surface area contributed by atoms with Gasteiger partial charge in [-0.05, 0) is 37.0 Å². The molecular weight excluding hydrogens is 322 g/mol. The van der Waals surface area contributed by atoms with E-state index in [2.05, 4.69) is 22.0 Å². The third-order valence-electron chi connectivity index (χ3n) is 3.84. The molecule has 0 bridgehead atoms. The Bertz CT molecular complexity index is 433. The minimum atomic E-state index is -3.08. The standard InChI is InChI=1S/C17H33N3O3Si/c1-8-24(15(18-21)9-12(2)3,16(19-22)10-13(4)5)17(20-23)11-14(6)7/h8,12-14,21-23H,1,9-11H2,2-7H3. The average molecular weight is 356 g/mol. The second-order valence-electron chi connectivity index (χ2n) is 7.45. The van der Waals surface area contributed by atoms with Gasteiger partial charge in [-0.3, -0.25) is 0 Å². The third-order valence-corrected chi connectivity index (χ3v) is 8.09. The lowest BCUT2D eigenvalue weighted by Gasteiger charge is -2.32. The van der Waals surface area contributed by atoms with E-state index in [1.54, 1.807) is 5.70 Å². The summed E-state index contributed by atoms with van der Waals surface area (Å²) >= 11 is 0. The van der Waals surface area contributed by atoms with Gasteiger partial charge in [0, 0.05) is 0 Å². The molecule has 0 aliphatic heterocycles. The van der Waals surface area contributed by atoms with Gasteiger partial charge in [0.2, 0.25) is 8.07 Å². The average Bonchev–Trinajstić information content (AvgIpc) is 2.50. The van der Waals surface area contributed by atoms with Gasteiger partial charge < -0.3 is 15.6 Å². The monoisotopic (exact) mass is 355 g/mol. The van der Waals surface area contributed by atoms with Crippen molar-refractivity contribution >= 4 is 24.1 Å². The lowest BCUT2D eigenvalue weighted by atomic mass is 10.1. The summed E-state index contributed by atoms with van der Waals surface area (Å²) in [6.07, 6.45) is 1.55. The second-order valence-corrected chi connectivity index (χ2v) is 11.2. The SMILES string of the molecule is C=C[Si](C(CC(C)C)=NO)(C(CC(C)C)=NO)C(CC(C)C)=NO. The Labute approximate surface area is 146 Å². The molecule has 7 heteroatoms. The molecule has 0 aliphatic carbocycles. The van der Waals surface area contributed by atoms with Crippen molar-refractivity contribution < 1.29 is 15.6 Å². The minimum absolute atomic E-state index is 0.237. The van der Waals surface area contributed by atoms with Gasteiger partial charge in [0.1, 0.15) is 0 Å². The van der Waals surface area contributed by atoms with Crippen molar-refractivity contribution in [3.8, 4) is 0 Å². The van der Waals surface area contributed by atoms with Crippen molar-refractivity contribution in [2.45, 2.75) is 60.8 Å². The fourth-order valence-corrected chi connectivity index (χ4v) is 7.23. The van der Waals surface area contributed by atoms with E-state index in [0.29, 0.717) is 35.3 Å². The van der Waals surface area contributed by atoms with E-state index in [1.807, 2.05) is 41.5 Å². The van der Waals surface area contributed by atoms with E-state index in [-0.39, 0.29) is 17.8 Å². The van der Waals surface area contributed by atoms with Crippen molar-refractivity contribution in [2.24, 2.45) is 33.2 Å². The van der Waals surface area contributed by atoms with Gasteiger partial charge in [0.15, 0.2) is 0 Å². The first kappa shape index (κ1) is 22.4. The van der Waals surface area contributed by atoms with Crippen LogP contribution in [0.3, 0.4) is 0 Å². The highest BCUT2D eigenvalue weighted by Crippen LogP contribution is 2.25. The predicted octanol–water partition coefficient (Wildman–Crippen LogP) is 4.41. The van der Waals surface area contributed by atoms with Crippen LogP contribution in [-0.4, -0.2) is 39.7 Å². The molecule has 6 nitrogen and oxygen atoms in total. The minimum Gasteiger partial charge on any atom is -0.411 e. The normalized spacial score (nSPS) is 16.8. The van der Waals surface area contributed by atoms with Crippen LogP contribution in [0.5, 0.6) is 0 Å². The number of hydrogen-bond donors (Lipinski definition) is 3. The Morgan fingerprint density at radius 3 is 1.12 bits per heavy atom. The molecule has 0 spiro atoms. The molecule has 0 atom stereocenters. The van der Waals surface area contributed by atoms with Crippen LogP contribution in [0.1, 0.15) is 60.8 Å². The molecule has 0 amide bonds. The van der Waals surface area contributed by atoms with Gasteiger partial charge in [0.25, 0.3) is 0 Å². The molecule has 138 valence electrons. The first-order valence-corrected chi connectivity index (χ1v) is 10.5. The van der Waals surface area contributed by atoms with Gasteiger partial charge in [-0.2, -0.15) is 0 Å². The summed E-state index contributed by atoms with van der Waals surface area (Å²) < 4.78 is 0. The Kier molecular flexibility index (Phi) is 9.58. The summed E-state index contributed by atoms with van der Waals surface area (Å²) in [4.78, 5) is 0. The Morgan fingerprint density at radius 1 is 0.750 bits per heavy atom. The first-order valence-electron chi connectivity index (χ1n) is 8.47. The van der Waals surface area contributed by atoms with E-state index >= 15 is 0 Å². The molecule has 0 unspecified atom stereocenters. The number of hydrogen-bond acceptors (Lipinski definition) is 6. The molecule has 0 aromatic carbocycles. The third kappa shape index (κ3) is 5.47. The summed E-state index contributed by atoms with van der Waals surface area (Å²) in [6, 6.07) is 0. The molecule has 0 heterocycles. The summed E-state index contributed by atoms with van der Waals surface area (Å²) in [7, 11) is -3.08. The second kappa shape index (κ2) is 10.3. The zero-order valence-electron chi connectivity index (χ0n) is 15.8. The molecule has 3 N–H and O–H groups in total. The highest BCUT2D eigenvalue weighted by molar-refractivity contribution is 7.44. The molecule has 0 aromatic rings. The van der Waals surface area contributed by atoms with Crippen LogP contribution in [0.2, 0.25) is 0 Å². The molecular formula is C17H33N3O3Si. The van der Waals surface area contributed by atoms with Crippen molar-refractivity contribution in [1.82, 2.24) is 0 Å². The largest absolute Gasteiger partial charge is 0.411 e. The molecule has 0 aromatic heterocycles. The Morgan fingerprint density at radius 2 is 1.00 bits per heavy atom. The van der Waals surface area contributed by atoms with E-state index in [4.69, 9.17) is 0 Å². The quantitative estimate of drug-likeness (QED) is 0.234. The maximum Gasteiger partial charge on any atom is 0.233 e.